The molecule has 0 spiro atoms. The number of carbonyl (C=O) groups excluding carboxylic acids is 1. The molecule has 0 rings (SSSR count). The summed E-state index contributed by atoms with van der Waals surface area (Å²) in [5.74, 6) is -0.211. The van der Waals surface area contributed by atoms with E-state index in [-0.39, 0.29) is 13.4 Å². The molecule has 0 aliphatic rings. The fourth-order valence-electron chi connectivity index (χ4n) is 0.203. The fourth-order valence-corrected chi connectivity index (χ4v) is 0.203. The minimum Gasteiger partial charge on any atom is -0.466 e. The maximum atomic E-state index is 9.82. The Kier molecular flexibility index (Phi) is 74.1. The second-order valence-corrected chi connectivity index (χ2v) is 1.36. The Morgan fingerprint density at radius 1 is 1.47 bits per heavy atom. The lowest BCUT2D eigenvalue weighted by Gasteiger charge is -1.89. The average molecular weight is 250 g/mol. The van der Waals surface area contributed by atoms with Crippen LogP contribution in [-0.4, -0.2) is 38.1 Å². The van der Waals surface area contributed by atoms with Crippen LogP contribution in [0.2, 0.25) is 0 Å². The summed E-state index contributed by atoms with van der Waals surface area (Å²) in [6.45, 7) is 3.65. The van der Waals surface area contributed by atoms with E-state index in [2.05, 4.69) is 16.3 Å². The minimum atomic E-state index is -0.500. The van der Waals surface area contributed by atoms with Crippen molar-refractivity contribution < 1.29 is 18.8 Å². The molecule has 5 nitrogen and oxygen atoms in total. The lowest BCUT2D eigenvalue weighted by Crippen LogP contribution is -1.95. The van der Waals surface area contributed by atoms with Crippen molar-refractivity contribution in [1.82, 2.24) is 0 Å². The van der Waals surface area contributed by atoms with Crippen LogP contribution in [0.25, 0.3) is 0 Å². The highest BCUT2D eigenvalue weighted by atomic mass is 35.5. The van der Waals surface area contributed by atoms with Crippen LogP contribution in [-0.2, 0) is 9.53 Å². The molecule has 0 aliphatic heterocycles. The second kappa shape index (κ2) is 38.1. The largest absolute Gasteiger partial charge is 0.466 e. The number of rotatable bonds is 1. The molecule has 7 heteroatoms. The fraction of sp³-hybridized carbons (Fsp3) is 0.875. The van der Waals surface area contributed by atoms with Crippen LogP contribution in [0.5, 0.6) is 0 Å². The zero-order chi connectivity index (χ0) is 12.6. The number of alkyl halides is 2. The molecule has 0 atom stereocenters. The maximum Gasteiger partial charge on any atom is 0.302 e. The maximum absolute atomic E-state index is 9.82. The molecule has 0 N–H and O–H groups in total. The highest BCUT2D eigenvalue weighted by Gasteiger charge is 1.81. The molecule has 0 aromatic carbocycles. The molecule has 0 bridgehead atoms. The summed E-state index contributed by atoms with van der Waals surface area (Å²) in [6, 6.07) is 0. The Balaban J connectivity index is -0.0000000327. The first-order chi connectivity index (χ1) is 6.50. The number of hydrogen-bond acceptors (Lipinski definition) is 4. The van der Waals surface area contributed by atoms with Gasteiger partial charge in [-0.05, 0) is 6.92 Å². The number of nitrogens with zero attached hydrogens (tertiary/aromatic N) is 1. The van der Waals surface area contributed by atoms with E-state index < -0.39 is 4.92 Å². The first-order valence-corrected chi connectivity index (χ1v) is 4.23. The van der Waals surface area contributed by atoms with Crippen molar-refractivity contribution in [2.24, 2.45) is 0 Å². The van der Waals surface area contributed by atoms with Crippen LogP contribution in [0.1, 0.15) is 21.3 Å². The molecule has 0 fully saturated rings. The van der Waals surface area contributed by atoms with E-state index in [1.54, 1.807) is 6.92 Å². The van der Waals surface area contributed by atoms with Crippen molar-refractivity contribution in [3.8, 4) is 0 Å². The Bertz CT molecular complexity index is 121. The Morgan fingerprint density at radius 2 is 1.67 bits per heavy atom. The molecule has 0 unspecified atom stereocenters. The standard InChI is InChI=1S/C4H8O2.CH3Cl.CH3F.CH3NO2.CH4/c1-3-6-4(2)5;2*1-2;1-2(3)4;/h3H2,1-2H3;2*1H3;1H3;1H4. The summed E-state index contributed by atoms with van der Waals surface area (Å²) in [5.41, 5.74) is 0. The zero-order valence-corrected chi connectivity index (χ0v) is 9.80. The third-order valence-electron chi connectivity index (χ3n) is 0.348. The molecular formula is C8H21ClFNO4. The van der Waals surface area contributed by atoms with E-state index in [0.29, 0.717) is 13.8 Å². The highest BCUT2D eigenvalue weighted by Crippen LogP contribution is 1.69. The summed E-state index contributed by atoms with van der Waals surface area (Å²) < 4.78 is 13.9. The van der Waals surface area contributed by atoms with E-state index >= 15 is 0 Å². The molecule has 0 amide bonds. The molecule has 0 heterocycles. The van der Waals surface area contributed by atoms with Gasteiger partial charge in [0.05, 0.1) is 13.8 Å². The molecule has 0 saturated heterocycles. The monoisotopic (exact) mass is 249 g/mol. The van der Waals surface area contributed by atoms with Crippen LogP contribution < -0.4 is 0 Å². The van der Waals surface area contributed by atoms with Gasteiger partial charge < -0.3 is 4.74 Å². The number of halogens is 2. The van der Waals surface area contributed by atoms with Gasteiger partial charge in [0.15, 0.2) is 7.05 Å². The van der Waals surface area contributed by atoms with E-state index in [9.17, 15) is 9.18 Å². The Morgan fingerprint density at radius 3 is 1.67 bits per heavy atom. The first-order valence-electron chi connectivity index (χ1n) is 3.47. The lowest BCUT2D eigenvalue weighted by molar-refractivity contribution is -0.445. The number of carbonyl (C=O) groups is 1. The number of esters is 1. The number of ether oxygens (including phenoxy) is 1. The summed E-state index contributed by atoms with van der Waals surface area (Å²) >= 11 is 4.64. The second-order valence-electron chi connectivity index (χ2n) is 1.36. The predicted molar refractivity (Wildman–Crippen MR) is 60.8 cm³/mol. The van der Waals surface area contributed by atoms with Crippen molar-refractivity contribution >= 4 is 17.6 Å². The SMILES string of the molecule is C.CCOC(C)=O.CCl.CF.C[N+](=O)[O-]. The zero-order valence-electron chi connectivity index (χ0n) is 9.04. The van der Waals surface area contributed by atoms with Crippen molar-refractivity contribution in [2.45, 2.75) is 21.3 Å². The normalized spacial score (nSPS) is 5.53. The molecule has 0 radical (unpaired) electrons. The molecule has 0 saturated carbocycles. The summed E-state index contributed by atoms with van der Waals surface area (Å²) in [6.07, 6.45) is 1.47. The van der Waals surface area contributed by atoms with Crippen molar-refractivity contribution in [2.75, 3.05) is 27.2 Å². The van der Waals surface area contributed by atoms with Crippen LogP contribution in [0.4, 0.5) is 4.39 Å². The van der Waals surface area contributed by atoms with Crippen molar-refractivity contribution in [3.63, 3.8) is 0 Å². The number of hydrogen-bond donors (Lipinski definition) is 0. The van der Waals surface area contributed by atoms with Gasteiger partial charge in [-0.2, -0.15) is 0 Å². The van der Waals surface area contributed by atoms with Gasteiger partial charge in [0.25, 0.3) is 0 Å². The average Bonchev–Trinajstić information content (AvgIpc) is 2.10. The van der Waals surface area contributed by atoms with Crippen molar-refractivity contribution in [3.05, 3.63) is 10.1 Å². The van der Waals surface area contributed by atoms with Crippen LogP contribution in [0, 0.1) is 10.1 Å². The number of nitro groups is 1. The first kappa shape index (κ1) is 29.2. The van der Waals surface area contributed by atoms with Gasteiger partial charge in [-0.15, -0.1) is 11.6 Å². The topological polar surface area (TPSA) is 69.4 Å². The third kappa shape index (κ3) is 369. The molecule has 0 aliphatic carbocycles. The van der Waals surface area contributed by atoms with E-state index in [0.717, 1.165) is 7.05 Å². The van der Waals surface area contributed by atoms with Gasteiger partial charge in [-0.1, -0.05) is 7.43 Å². The summed E-state index contributed by atoms with van der Waals surface area (Å²) in [7, 11) is 1.39. The Labute approximate surface area is 95.7 Å². The van der Waals surface area contributed by atoms with E-state index in [1.165, 1.54) is 13.3 Å². The van der Waals surface area contributed by atoms with Gasteiger partial charge in [0.2, 0.25) is 0 Å². The van der Waals surface area contributed by atoms with Crippen LogP contribution >= 0.6 is 11.6 Å². The van der Waals surface area contributed by atoms with E-state index in [4.69, 9.17) is 10.1 Å². The summed E-state index contributed by atoms with van der Waals surface area (Å²) in [5, 5.41) is 8.81. The van der Waals surface area contributed by atoms with Gasteiger partial charge in [-0.3, -0.25) is 19.3 Å². The van der Waals surface area contributed by atoms with E-state index in [1.807, 2.05) is 0 Å². The lowest BCUT2D eigenvalue weighted by atomic mass is 10.8. The third-order valence-corrected chi connectivity index (χ3v) is 0.348. The van der Waals surface area contributed by atoms with Crippen LogP contribution in [0.3, 0.4) is 0 Å². The molecule has 0 aromatic heterocycles. The molecule has 96 valence electrons. The molecular weight excluding hydrogens is 229 g/mol. The summed E-state index contributed by atoms with van der Waals surface area (Å²) in [4.78, 5) is 18.1. The van der Waals surface area contributed by atoms with Crippen molar-refractivity contribution in [1.29, 1.82) is 0 Å². The van der Waals surface area contributed by atoms with Gasteiger partial charge in [0, 0.05) is 18.2 Å². The predicted octanol–water partition coefficient (Wildman–Crippen LogP) is 2.54. The van der Waals surface area contributed by atoms with Gasteiger partial charge in [0.1, 0.15) is 0 Å². The molecule has 15 heavy (non-hydrogen) atoms. The van der Waals surface area contributed by atoms with Gasteiger partial charge in [-0.25, -0.2) is 0 Å². The highest BCUT2D eigenvalue weighted by molar-refractivity contribution is 6.15. The van der Waals surface area contributed by atoms with Gasteiger partial charge >= 0.3 is 5.97 Å². The smallest absolute Gasteiger partial charge is 0.302 e. The molecule has 0 aromatic rings. The Hall–Kier alpha value is -0.910. The quantitative estimate of drug-likeness (QED) is 0.310. The van der Waals surface area contributed by atoms with Crippen LogP contribution in [0.15, 0.2) is 0 Å². The minimum absolute atomic E-state index is 0.